The molecule has 0 saturated heterocycles. The predicted molar refractivity (Wildman–Crippen MR) is 210 cm³/mol. The van der Waals surface area contributed by atoms with Crippen molar-refractivity contribution in [3.63, 3.8) is 0 Å². The van der Waals surface area contributed by atoms with E-state index in [2.05, 4.69) is 94.9 Å². The number of fused-ring (bicyclic) bond motifs is 8. The zero-order valence-electron chi connectivity index (χ0n) is 27.8. The Kier molecular flexibility index (Phi) is 7.47. The summed E-state index contributed by atoms with van der Waals surface area (Å²) >= 11 is 0. The first-order chi connectivity index (χ1) is 25.7. The van der Waals surface area contributed by atoms with Gasteiger partial charge in [0.15, 0.2) is 0 Å². The zero-order valence-corrected chi connectivity index (χ0v) is 27.8. The molecule has 4 aromatic carbocycles. The van der Waals surface area contributed by atoms with Crippen LogP contribution in [-0.2, 0) is 0 Å². The van der Waals surface area contributed by atoms with Gasteiger partial charge in [-0.05, 0) is 95.1 Å². The average Bonchev–Trinajstić information content (AvgIpc) is 4.04. The summed E-state index contributed by atoms with van der Waals surface area (Å²) in [5.41, 5.74) is 15.8. The second kappa shape index (κ2) is 12.7. The minimum Gasteiger partial charge on any atom is -0.354 e. The van der Waals surface area contributed by atoms with Crippen molar-refractivity contribution in [3.05, 3.63) is 167 Å². The van der Waals surface area contributed by atoms with E-state index in [-0.39, 0.29) is 0 Å². The lowest BCUT2D eigenvalue weighted by molar-refractivity contribution is 1.31. The quantitative estimate of drug-likeness (QED) is 0.195. The second-order valence-corrected chi connectivity index (χ2v) is 12.6. The Morgan fingerprint density at radius 2 is 0.635 bits per heavy atom. The summed E-state index contributed by atoms with van der Waals surface area (Å²) in [4.78, 5) is 18.1. The molecule has 242 valence electrons. The number of aromatic nitrogens is 4. The van der Waals surface area contributed by atoms with Crippen LogP contribution in [0.5, 0.6) is 0 Å². The molecule has 52 heavy (non-hydrogen) atoms. The smallest absolute Gasteiger partial charge is 0.0991 e. The highest BCUT2D eigenvalue weighted by atomic mass is 14.8. The topological polar surface area (TPSA) is 105 Å². The largest absolute Gasteiger partial charge is 0.354 e. The van der Waals surface area contributed by atoms with E-state index < -0.39 is 0 Å². The van der Waals surface area contributed by atoms with Gasteiger partial charge in [0.2, 0.25) is 0 Å². The molecular formula is C46H28N6. The van der Waals surface area contributed by atoms with Crippen LogP contribution in [0, 0.1) is 22.7 Å². The molecule has 6 nitrogen and oxygen atoms in total. The van der Waals surface area contributed by atoms with E-state index in [0.717, 1.165) is 89.4 Å². The van der Waals surface area contributed by atoms with Crippen molar-refractivity contribution in [2.45, 2.75) is 0 Å². The SMILES string of the molecule is N#Cc1ccc(-c2c3nc(c(-c4ccccc4)c4ccc([nH]4)c(-c4ccc(C#N)cc4)c4nc(c(-c5ccccc5)c5ccc2[nH]5)C=C4)C=C3)cc1. The maximum absolute atomic E-state index is 9.55. The minimum atomic E-state index is 0.595. The van der Waals surface area contributed by atoms with Gasteiger partial charge < -0.3 is 9.97 Å². The molecule has 0 radical (unpaired) electrons. The molecule has 0 spiro atoms. The molecule has 0 amide bonds. The lowest BCUT2D eigenvalue weighted by Gasteiger charge is -2.07. The van der Waals surface area contributed by atoms with Gasteiger partial charge in [-0.1, -0.05) is 84.9 Å². The molecule has 3 aromatic heterocycles. The normalized spacial score (nSPS) is 11.7. The molecule has 8 bridgehead atoms. The van der Waals surface area contributed by atoms with Crippen molar-refractivity contribution in [3.8, 4) is 56.6 Å². The number of nitriles is 2. The third kappa shape index (κ3) is 5.38. The van der Waals surface area contributed by atoms with Crippen molar-refractivity contribution in [1.82, 2.24) is 19.9 Å². The molecule has 2 aliphatic heterocycles. The average molecular weight is 665 g/mol. The van der Waals surface area contributed by atoms with Gasteiger partial charge in [0, 0.05) is 44.3 Å². The summed E-state index contributed by atoms with van der Waals surface area (Å²) in [5.74, 6) is 0. The Morgan fingerprint density at radius 1 is 0.346 bits per heavy atom. The molecule has 9 rings (SSSR count). The van der Waals surface area contributed by atoms with Gasteiger partial charge in [0.25, 0.3) is 0 Å². The lowest BCUT2D eigenvalue weighted by Crippen LogP contribution is -1.90. The van der Waals surface area contributed by atoms with Gasteiger partial charge in [-0.25, -0.2) is 9.97 Å². The molecule has 0 fully saturated rings. The van der Waals surface area contributed by atoms with Crippen LogP contribution in [0.4, 0.5) is 0 Å². The Balaban J connectivity index is 1.46. The van der Waals surface area contributed by atoms with Crippen LogP contribution in [0.15, 0.2) is 133 Å². The molecule has 0 unspecified atom stereocenters. The molecule has 0 saturated carbocycles. The molecule has 5 heterocycles. The summed E-state index contributed by atoms with van der Waals surface area (Å²) in [6.07, 6.45) is 8.27. The lowest BCUT2D eigenvalue weighted by atomic mass is 10.0. The van der Waals surface area contributed by atoms with Crippen molar-refractivity contribution in [1.29, 1.82) is 10.5 Å². The fraction of sp³-hybridized carbons (Fsp3) is 0. The molecule has 2 N–H and O–H groups in total. The molecule has 7 aromatic rings. The summed E-state index contributed by atoms with van der Waals surface area (Å²) in [5, 5.41) is 19.1. The van der Waals surface area contributed by atoms with Crippen LogP contribution in [-0.4, -0.2) is 19.9 Å². The Labute approximate surface area is 300 Å². The van der Waals surface area contributed by atoms with Gasteiger partial charge in [0.1, 0.15) is 0 Å². The number of nitrogens with one attached hydrogen (secondary N) is 2. The van der Waals surface area contributed by atoms with Crippen molar-refractivity contribution in [2.75, 3.05) is 0 Å². The second-order valence-electron chi connectivity index (χ2n) is 12.6. The Bertz CT molecular complexity index is 2630. The Hall–Kier alpha value is -7.54. The van der Waals surface area contributed by atoms with Gasteiger partial charge in [-0.3, -0.25) is 0 Å². The molecule has 0 aliphatic carbocycles. The predicted octanol–water partition coefficient (Wildman–Crippen LogP) is 11.1. The van der Waals surface area contributed by atoms with Crippen LogP contribution in [0.2, 0.25) is 0 Å². The van der Waals surface area contributed by atoms with Crippen molar-refractivity contribution >= 4 is 46.4 Å². The fourth-order valence-corrected chi connectivity index (χ4v) is 7.05. The van der Waals surface area contributed by atoms with Gasteiger partial charge in [0.05, 0.1) is 46.0 Å². The van der Waals surface area contributed by atoms with Gasteiger partial charge >= 0.3 is 0 Å². The number of hydrogen-bond acceptors (Lipinski definition) is 4. The van der Waals surface area contributed by atoms with Gasteiger partial charge in [-0.2, -0.15) is 10.5 Å². The first-order valence-electron chi connectivity index (χ1n) is 16.9. The Morgan fingerprint density at radius 3 is 0.923 bits per heavy atom. The molecule has 6 heteroatoms. The molecule has 2 aliphatic rings. The number of H-pyrrole nitrogens is 2. The van der Waals surface area contributed by atoms with Crippen molar-refractivity contribution in [2.24, 2.45) is 0 Å². The first kappa shape index (κ1) is 30.5. The fourth-order valence-electron chi connectivity index (χ4n) is 7.05. The standard InChI is InChI=1S/C46H28N6/c47-27-29-11-15-33(16-12-29)45-39-23-19-35(49-39)43(31-7-3-1-4-8-31)36-20-24-40(50-36)46(34-17-13-30(28-48)14-18-34)42-26-22-38(52-42)44(32-9-5-2-6-10-32)37-21-25-41(45)51-37/h1-26,49,52H. The summed E-state index contributed by atoms with van der Waals surface area (Å²) in [6.45, 7) is 0. The van der Waals surface area contributed by atoms with Crippen molar-refractivity contribution < 1.29 is 0 Å². The number of nitrogens with zero attached hydrogens (tertiary/aromatic N) is 4. The van der Waals surface area contributed by atoms with E-state index in [4.69, 9.17) is 9.97 Å². The molecular weight excluding hydrogens is 637 g/mol. The number of benzene rings is 4. The van der Waals surface area contributed by atoms with Crippen LogP contribution in [0.3, 0.4) is 0 Å². The summed E-state index contributed by atoms with van der Waals surface area (Å²) in [6, 6.07) is 48.7. The maximum atomic E-state index is 9.55. The number of rotatable bonds is 4. The van der Waals surface area contributed by atoms with E-state index in [9.17, 15) is 10.5 Å². The number of hydrogen-bond donors (Lipinski definition) is 2. The van der Waals surface area contributed by atoms with Crippen LogP contribution >= 0.6 is 0 Å². The van der Waals surface area contributed by atoms with E-state index >= 15 is 0 Å². The third-order valence-corrected chi connectivity index (χ3v) is 9.48. The van der Waals surface area contributed by atoms with E-state index in [0.29, 0.717) is 11.1 Å². The maximum Gasteiger partial charge on any atom is 0.0991 e. The highest BCUT2D eigenvalue weighted by molar-refractivity contribution is 5.99. The van der Waals surface area contributed by atoms with E-state index in [1.165, 1.54) is 0 Å². The zero-order chi connectivity index (χ0) is 35.0. The van der Waals surface area contributed by atoms with Crippen LogP contribution < -0.4 is 0 Å². The van der Waals surface area contributed by atoms with Crippen LogP contribution in [0.25, 0.3) is 90.9 Å². The highest BCUT2D eigenvalue weighted by Gasteiger charge is 2.19. The minimum absolute atomic E-state index is 0.595. The van der Waals surface area contributed by atoms with Crippen LogP contribution in [0.1, 0.15) is 33.9 Å². The summed E-state index contributed by atoms with van der Waals surface area (Å²) < 4.78 is 0. The van der Waals surface area contributed by atoms with E-state index in [1.54, 1.807) is 0 Å². The van der Waals surface area contributed by atoms with E-state index in [1.807, 2.05) is 84.9 Å². The third-order valence-electron chi connectivity index (χ3n) is 9.48. The highest BCUT2D eigenvalue weighted by Crippen LogP contribution is 2.38. The summed E-state index contributed by atoms with van der Waals surface area (Å²) in [7, 11) is 0. The number of aromatic amines is 2. The first-order valence-corrected chi connectivity index (χ1v) is 16.9. The molecule has 0 atom stereocenters. The van der Waals surface area contributed by atoms with Gasteiger partial charge in [-0.15, -0.1) is 0 Å². The monoisotopic (exact) mass is 664 g/mol.